The van der Waals surface area contributed by atoms with Crippen molar-refractivity contribution in [2.24, 2.45) is 4.99 Å². The lowest BCUT2D eigenvalue weighted by Gasteiger charge is -2.17. The van der Waals surface area contributed by atoms with E-state index in [0.717, 1.165) is 11.3 Å². The zero-order valence-electron chi connectivity index (χ0n) is 18.7. The van der Waals surface area contributed by atoms with Gasteiger partial charge in [-0.05, 0) is 31.5 Å². The topological polar surface area (TPSA) is 75.2 Å². The van der Waals surface area contributed by atoms with Gasteiger partial charge >= 0.3 is 0 Å². The summed E-state index contributed by atoms with van der Waals surface area (Å²) in [6.45, 7) is 6.16. The van der Waals surface area contributed by atoms with Gasteiger partial charge in [-0.3, -0.25) is 9.79 Å². The fourth-order valence-corrected chi connectivity index (χ4v) is 2.87. The fourth-order valence-electron chi connectivity index (χ4n) is 2.87. The summed E-state index contributed by atoms with van der Waals surface area (Å²) >= 11 is 0. The van der Waals surface area contributed by atoms with Gasteiger partial charge in [0, 0.05) is 38.3 Å². The fraction of sp³-hybridized carbons (Fsp3) is 0.391. The molecule has 170 valence electrons. The van der Waals surface area contributed by atoms with Gasteiger partial charge in [0.1, 0.15) is 0 Å². The van der Waals surface area contributed by atoms with Gasteiger partial charge < -0.3 is 25.0 Å². The van der Waals surface area contributed by atoms with Crippen molar-refractivity contribution in [2.75, 3.05) is 39.2 Å². The smallest absolute Gasteiger partial charge is 0.224 e. The number of methoxy groups -OCH3 is 1. The number of rotatable bonds is 10. The van der Waals surface area contributed by atoms with Gasteiger partial charge in [0.25, 0.3) is 0 Å². The Bertz CT molecular complexity index is 831. The molecule has 0 bridgehead atoms. The molecule has 8 heteroatoms. The third-order valence-corrected chi connectivity index (χ3v) is 4.35. The highest BCUT2D eigenvalue weighted by atomic mass is 127. The molecule has 0 aliphatic rings. The number of guanidine groups is 1. The highest BCUT2D eigenvalue weighted by Gasteiger charge is 2.10. The van der Waals surface area contributed by atoms with Crippen molar-refractivity contribution >= 4 is 41.5 Å². The molecule has 7 nitrogen and oxygen atoms in total. The maximum absolute atomic E-state index is 12.4. The highest BCUT2D eigenvalue weighted by Crippen LogP contribution is 2.30. The Morgan fingerprint density at radius 2 is 1.84 bits per heavy atom. The Morgan fingerprint density at radius 3 is 2.48 bits per heavy atom. The second-order valence-electron chi connectivity index (χ2n) is 6.67. The first-order valence-corrected chi connectivity index (χ1v) is 10.2. The molecule has 2 aromatic rings. The number of carbonyl (C=O) groups excluding carboxylic acids is 1. The lowest BCUT2D eigenvalue weighted by atomic mass is 10.2. The zero-order chi connectivity index (χ0) is 21.8. The van der Waals surface area contributed by atoms with E-state index in [1.54, 1.807) is 12.0 Å². The molecule has 1 amide bonds. The van der Waals surface area contributed by atoms with E-state index in [1.807, 2.05) is 69.4 Å². The summed E-state index contributed by atoms with van der Waals surface area (Å²) in [6, 6.07) is 15.6. The third-order valence-electron chi connectivity index (χ3n) is 4.35. The van der Waals surface area contributed by atoms with Crippen molar-refractivity contribution in [1.29, 1.82) is 0 Å². The maximum atomic E-state index is 12.4. The quantitative estimate of drug-likeness (QED) is 0.269. The first-order chi connectivity index (χ1) is 14.6. The average molecular weight is 540 g/mol. The Morgan fingerprint density at radius 1 is 1.10 bits per heavy atom. The number of carbonyl (C=O) groups is 1. The summed E-state index contributed by atoms with van der Waals surface area (Å²) in [7, 11) is 3.43. The number of aliphatic imine (C=N–C) groups is 1. The van der Waals surface area contributed by atoms with E-state index in [1.165, 1.54) is 0 Å². The van der Waals surface area contributed by atoms with Crippen LogP contribution in [0.4, 0.5) is 5.69 Å². The first kappa shape index (κ1) is 26.5. The van der Waals surface area contributed by atoms with E-state index in [0.29, 0.717) is 50.1 Å². The molecular weight excluding hydrogens is 507 g/mol. The summed E-state index contributed by atoms with van der Waals surface area (Å²) in [4.78, 5) is 18.7. The summed E-state index contributed by atoms with van der Waals surface area (Å²) < 4.78 is 10.9. The van der Waals surface area contributed by atoms with Crippen molar-refractivity contribution in [1.82, 2.24) is 10.2 Å². The van der Waals surface area contributed by atoms with Gasteiger partial charge in [-0.25, -0.2) is 0 Å². The van der Waals surface area contributed by atoms with Crippen LogP contribution in [0.5, 0.6) is 11.5 Å². The Hall–Kier alpha value is -2.49. The molecule has 0 aliphatic carbocycles. The molecule has 0 atom stereocenters. The largest absolute Gasteiger partial charge is 0.493 e. The molecule has 0 radical (unpaired) electrons. The molecule has 0 saturated heterocycles. The SMILES string of the molecule is CCNC(=NCCC(=O)N(C)Cc1ccccc1)Nc1ccc(OC)c(OCC)c1.I. The lowest BCUT2D eigenvalue weighted by molar-refractivity contribution is -0.130. The Balaban J connectivity index is 0.00000480. The Labute approximate surface area is 202 Å². The van der Waals surface area contributed by atoms with E-state index in [-0.39, 0.29) is 29.9 Å². The summed E-state index contributed by atoms with van der Waals surface area (Å²) in [5.41, 5.74) is 1.93. The predicted molar refractivity (Wildman–Crippen MR) is 137 cm³/mol. The van der Waals surface area contributed by atoms with Crippen LogP contribution in [-0.2, 0) is 11.3 Å². The molecule has 0 fully saturated rings. The zero-order valence-corrected chi connectivity index (χ0v) is 21.0. The van der Waals surface area contributed by atoms with Crippen LogP contribution in [0.1, 0.15) is 25.8 Å². The van der Waals surface area contributed by atoms with E-state index in [4.69, 9.17) is 9.47 Å². The molecule has 2 rings (SSSR count). The number of halogens is 1. The van der Waals surface area contributed by atoms with Crippen LogP contribution in [0.2, 0.25) is 0 Å². The van der Waals surface area contributed by atoms with Gasteiger partial charge in [0.15, 0.2) is 17.5 Å². The monoisotopic (exact) mass is 540 g/mol. The first-order valence-electron chi connectivity index (χ1n) is 10.2. The molecular formula is C23H33IN4O3. The summed E-state index contributed by atoms with van der Waals surface area (Å²) in [6.07, 6.45) is 0.340. The standard InChI is InChI=1S/C23H32N4O3.HI/c1-5-24-23(26-19-12-13-20(29-4)21(16-19)30-6-2)25-15-14-22(28)27(3)17-18-10-8-7-9-11-18;/h7-13,16H,5-6,14-15,17H2,1-4H3,(H2,24,25,26);1H. The average Bonchev–Trinajstić information content (AvgIpc) is 2.75. The van der Waals surface area contributed by atoms with Crippen molar-refractivity contribution in [3.8, 4) is 11.5 Å². The number of hydrogen-bond donors (Lipinski definition) is 2. The maximum Gasteiger partial charge on any atom is 0.224 e. The van der Waals surface area contributed by atoms with E-state index in [2.05, 4.69) is 15.6 Å². The number of hydrogen-bond acceptors (Lipinski definition) is 4. The number of ether oxygens (including phenoxy) is 2. The molecule has 0 saturated carbocycles. The van der Waals surface area contributed by atoms with Crippen molar-refractivity contribution in [3.05, 3.63) is 54.1 Å². The summed E-state index contributed by atoms with van der Waals surface area (Å²) in [5, 5.41) is 6.45. The van der Waals surface area contributed by atoms with Crippen molar-refractivity contribution in [3.63, 3.8) is 0 Å². The molecule has 0 unspecified atom stereocenters. The predicted octanol–water partition coefficient (Wildman–Crippen LogP) is 4.14. The van der Waals surface area contributed by atoms with Gasteiger partial charge in [-0.1, -0.05) is 30.3 Å². The Kier molecular flexibility index (Phi) is 12.4. The van der Waals surface area contributed by atoms with Gasteiger partial charge in [-0.2, -0.15) is 0 Å². The number of benzene rings is 2. The van der Waals surface area contributed by atoms with E-state index >= 15 is 0 Å². The highest BCUT2D eigenvalue weighted by molar-refractivity contribution is 14.0. The minimum atomic E-state index is 0. The molecule has 0 aromatic heterocycles. The van der Waals surface area contributed by atoms with Crippen molar-refractivity contribution < 1.29 is 14.3 Å². The minimum absolute atomic E-state index is 0. The second-order valence-corrected chi connectivity index (χ2v) is 6.67. The van der Waals surface area contributed by atoms with E-state index < -0.39 is 0 Å². The molecule has 2 N–H and O–H groups in total. The van der Waals surface area contributed by atoms with Crippen LogP contribution in [-0.4, -0.2) is 50.6 Å². The summed E-state index contributed by atoms with van der Waals surface area (Å²) in [5.74, 6) is 2.01. The number of anilines is 1. The normalized spacial score (nSPS) is 10.6. The van der Waals surface area contributed by atoms with Crippen LogP contribution in [0.25, 0.3) is 0 Å². The molecule has 0 aliphatic heterocycles. The lowest BCUT2D eigenvalue weighted by Crippen LogP contribution is -2.31. The molecule has 0 heterocycles. The second kappa shape index (κ2) is 14.5. The number of amides is 1. The molecule has 0 spiro atoms. The van der Waals surface area contributed by atoms with Crippen LogP contribution in [0.3, 0.4) is 0 Å². The van der Waals surface area contributed by atoms with Crippen LogP contribution >= 0.6 is 24.0 Å². The van der Waals surface area contributed by atoms with E-state index in [9.17, 15) is 4.79 Å². The number of nitrogens with zero attached hydrogens (tertiary/aromatic N) is 2. The molecule has 31 heavy (non-hydrogen) atoms. The third kappa shape index (κ3) is 9.04. The molecule has 2 aromatic carbocycles. The van der Waals surface area contributed by atoms with Gasteiger partial charge in [0.2, 0.25) is 5.91 Å². The van der Waals surface area contributed by atoms with Crippen LogP contribution in [0, 0.1) is 0 Å². The van der Waals surface area contributed by atoms with Crippen molar-refractivity contribution in [2.45, 2.75) is 26.8 Å². The van der Waals surface area contributed by atoms with Gasteiger partial charge in [-0.15, -0.1) is 24.0 Å². The minimum Gasteiger partial charge on any atom is -0.493 e. The van der Waals surface area contributed by atoms with Crippen LogP contribution < -0.4 is 20.1 Å². The van der Waals surface area contributed by atoms with Crippen LogP contribution in [0.15, 0.2) is 53.5 Å². The van der Waals surface area contributed by atoms with Gasteiger partial charge in [0.05, 0.1) is 20.3 Å². The number of nitrogens with one attached hydrogen (secondary N) is 2.